The highest BCUT2D eigenvalue weighted by Crippen LogP contribution is 2.29. The van der Waals surface area contributed by atoms with E-state index < -0.39 is 0 Å². The Labute approximate surface area is 164 Å². The summed E-state index contributed by atoms with van der Waals surface area (Å²) in [6, 6.07) is 8.87. The molecule has 136 valence electrons. The van der Waals surface area contributed by atoms with Crippen LogP contribution in [-0.2, 0) is 10.5 Å². The second-order valence-corrected chi connectivity index (χ2v) is 8.01. The van der Waals surface area contributed by atoms with Crippen molar-refractivity contribution in [2.45, 2.75) is 17.9 Å². The topological polar surface area (TPSA) is 64.4 Å². The smallest absolute Gasteiger partial charge is 0.237 e. The monoisotopic (exact) mass is 408 g/mol. The molecule has 0 aliphatic rings. The van der Waals surface area contributed by atoms with Gasteiger partial charge in [0.2, 0.25) is 5.91 Å². The van der Waals surface area contributed by atoms with E-state index in [2.05, 4.69) is 10.3 Å². The van der Waals surface area contributed by atoms with Gasteiger partial charge in [-0.25, -0.2) is 4.98 Å². The molecule has 0 unspecified atom stereocenters. The first-order chi connectivity index (χ1) is 12.6. The summed E-state index contributed by atoms with van der Waals surface area (Å²) in [6.07, 6.45) is 1.63. The fourth-order valence-electron chi connectivity index (χ4n) is 2.16. The van der Waals surface area contributed by atoms with Gasteiger partial charge in [0.15, 0.2) is 10.8 Å². The first kappa shape index (κ1) is 18.8. The fourth-order valence-corrected chi connectivity index (χ4v) is 4.09. The van der Waals surface area contributed by atoms with Crippen LogP contribution < -0.4 is 10.1 Å². The summed E-state index contributed by atoms with van der Waals surface area (Å²) in [5.74, 6) is 1.89. The van der Waals surface area contributed by atoms with E-state index in [0.29, 0.717) is 22.2 Å². The molecule has 0 spiro atoms. The third kappa shape index (κ3) is 4.60. The van der Waals surface area contributed by atoms with Crippen molar-refractivity contribution >= 4 is 46.3 Å². The van der Waals surface area contributed by atoms with Gasteiger partial charge in [-0.1, -0.05) is 11.6 Å². The number of thiazole rings is 1. The largest absolute Gasteiger partial charge is 0.495 e. The Morgan fingerprint density at radius 1 is 1.46 bits per heavy atom. The van der Waals surface area contributed by atoms with Crippen molar-refractivity contribution in [1.82, 2.24) is 4.98 Å². The molecule has 3 aromatic rings. The predicted molar refractivity (Wildman–Crippen MR) is 107 cm³/mol. The van der Waals surface area contributed by atoms with E-state index in [4.69, 9.17) is 20.8 Å². The summed E-state index contributed by atoms with van der Waals surface area (Å²) < 4.78 is 10.5. The minimum Gasteiger partial charge on any atom is -0.495 e. The van der Waals surface area contributed by atoms with Crippen molar-refractivity contribution in [2.75, 3.05) is 12.4 Å². The average molecular weight is 409 g/mol. The van der Waals surface area contributed by atoms with E-state index in [1.807, 2.05) is 24.4 Å². The normalized spacial score (nSPS) is 12.0. The van der Waals surface area contributed by atoms with Crippen LogP contribution >= 0.6 is 34.7 Å². The molecule has 0 radical (unpaired) electrons. The Hall–Kier alpha value is -1.96. The zero-order valence-electron chi connectivity index (χ0n) is 14.2. The number of halogens is 1. The molecule has 0 fully saturated rings. The Kier molecular flexibility index (Phi) is 6.24. The van der Waals surface area contributed by atoms with Gasteiger partial charge >= 0.3 is 0 Å². The van der Waals surface area contributed by atoms with Crippen LogP contribution in [0, 0.1) is 0 Å². The number of nitrogens with one attached hydrogen (secondary N) is 1. The number of rotatable bonds is 7. The molecular formula is C18H17ClN2O3S2. The lowest BCUT2D eigenvalue weighted by atomic mass is 10.3. The fraction of sp³-hybridized carbons (Fsp3) is 0.222. The number of carbonyl (C=O) groups excluding carboxylic acids is 1. The molecular weight excluding hydrogens is 392 g/mol. The summed E-state index contributed by atoms with van der Waals surface area (Å²) in [4.78, 5) is 16.9. The number of methoxy groups -OCH3 is 1. The Bertz CT molecular complexity index is 880. The maximum atomic E-state index is 12.4. The number of hydrogen-bond donors (Lipinski definition) is 1. The molecule has 1 aromatic carbocycles. The molecule has 0 saturated carbocycles. The van der Waals surface area contributed by atoms with Gasteiger partial charge in [0.25, 0.3) is 0 Å². The average Bonchev–Trinajstić information content (AvgIpc) is 3.31. The van der Waals surface area contributed by atoms with Crippen LogP contribution in [-0.4, -0.2) is 23.3 Å². The summed E-state index contributed by atoms with van der Waals surface area (Å²) in [5.41, 5.74) is 1.57. The minimum atomic E-state index is -0.232. The standard InChI is InChI=1S/C18H17ClN2O3S2/c1-11(17(22)20-12-5-6-15(23-2)14(19)8-12)25-9-13-10-26-18(21-13)16-4-3-7-24-16/h3-8,10-11H,9H2,1-2H3,(H,20,22)/t11-/m1/s1. The van der Waals surface area contributed by atoms with Gasteiger partial charge in [0, 0.05) is 16.8 Å². The highest BCUT2D eigenvalue weighted by Gasteiger charge is 2.16. The molecule has 0 saturated heterocycles. The second kappa shape index (κ2) is 8.62. The Morgan fingerprint density at radius 2 is 2.31 bits per heavy atom. The number of benzene rings is 1. The first-order valence-electron chi connectivity index (χ1n) is 7.81. The lowest BCUT2D eigenvalue weighted by Crippen LogP contribution is -2.22. The summed E-state index contributed by atoms with van der Waals surface area (Å²) in [7, 11) is 1.55. The summed E-state index contributed by atoms with van der Waals surface area (Å²) >= 11 is 9.13. The molecule has 0 aliphatic carbocycles. The van der Waals surface area contributed by atoms with Gasteiger partial charge in [0.05, 0.1) is 29.3 Å². The van der Waals surface area contributed by atoms with E-state index >= 15 is 0 Å². The molecule has 0 bridgehead atoms. The number of furan rings is 1. The molecule has 26 heavy (non-hydrogen) atoms. The van der Waals surface area contributed by atoms with Crippen molar-refractivity contribution in [3.63, 3.8) is 0 Å². The van der Waals surface area contributed by atoms with Gasteiger partial charge in [0.1, 0.15) is 5.75 Å². The predicted octanol–water partition coefficient (Wildman–Crippen LogP) is 5.33. The molecule has 2 aromatic heterocycles. The Balaban J connectivity index is 1.54. The molecule has 2 heterocycles. The number of carbonyl (C=O) groups is 1. The molecule has 8 heteroatoms. The molecule has 3 rings (SSSR count). The number of anilines is 1. The van der Waals surface area contributed by atoms with Gasteiger partial charge in [-0.05, 0) is 37.3 Å². The molecule has 1 amide bonds. The Morgan fingerprint density at radius 3 is 3.00 bits per heavy atom. The molecule has 0 aliphatic heterocycles. The van der Waals surface area contributed by atoms with Crippen molar-refractivity contribution in [3.05, 3.63) is 52.7 Å². The van der Waals surface area contributed by atoms with Gasteiger partial charge in [-0.15, -0.1) is 23.1 Å². The van der Waals surface area contributed by atoms with Crippen molar-refractivity contribution in [1.29, 1.82) is 0 Å². The zero-order chi connectivity index (χ0) is 18.5. The highest BCUT2D eigenvalue weighted by molar-refractivity contribution is 7.99. The number of nitrogens with zero attached hydrogens (tertiary/aromatic N) is 1. The van der Waals surface area contributed by atoms with E-state index in [-0.39, 0.29) is 11.2 Å². The number of ether oxygens (including phenoxy) is 1. The van der Waals surface area contributed by atoms with Crippen LogP contribution in [0.1, 0.15) is 12.6 Å². The van der Waals surface area contributed by atoms with Gasteiger partial charge in [-0.3, -0.25) is 4.79 Å². The van der Waals surface area contributed by atoms with Crippen LogP contribution in [0.3, 0.4) is 0 Å². The SMILES string of the molecule is COc1ccc(NC(=O)[C@@H](C)SCc2csc(-c3ccco3)n2)cc1Cl. The molecule has 5 nitrogen and oxygen atoms in total. The van der Waals surface area contributed by atoms with Crippen LogP contribution in [0.4, 0.5) is 5.69 Å². The van der Waals surface area contributed by atoms with Crippen LogP contribution in [0.25, 0.3) is 10.8 Å². The number of hydrogen-bond acceptors (Lipinski definition) is 6. The lowest BCUT2D eigenvalue weighted by Gasteiger charge is -2.12. The van der Waals surface area contributed by atoms with Crippen molar-refractivity contribution in [2.24, 2.45) is 0 Å². The van der Waals surface area contributed by atoms with Gasteiger partial charge in [-0.2, -0.15) is 0 Å². The van der Waals surface area contributed by atoms with E-state index in [0.717, 1.165) is 16.5 Å². The third-order valence-corrected chi connectivity index (χ3v) is 5.93. The number of amides is 1. The summed E-state index contributed by atoms with van der Waals surface area (Å²) in [5, 5.41) is 5.92. The van der Waals surface area contributed by atoms with Crippen molar-refractivity contribution < 1.29 is 13.9 Å². The van der Waals surface area contributed by atoms with Crippen LogP contribution in [0.2, 0.25) is 5.02 Å². The second-order valence-electron chi connectivity index (χ2n) is 5.41. The zero-order valence-corrected chi connectivity index (χ0v) is 16.6. The first-order valence-corrected chi connectivity index (χ1v) is 10.1. The van der Waals surface area contributed by atoms with E-state index in [9.17, 15) is 4.79 Å². The highest BCUT2D eigenvalue weighted by atomic mass is 35.5. The van der Waals surface area contributed by atoms with E-state index in [1.165, 1.54) is 23.1 Å². The maximum absolute atomic E-state index is 12.4. The van der Waals surface area contributed by atoms with Gasteiger partial charge < -0.3 is 14.5 Å². The lowest BCUT2D eigenvalue weighted by molar-refractivity contribution is -0.115. The molecule has 1 atom stereocenters. The van der Waals surface area contributed by atoms with E-state index in [1.54, 1.807) is 31.6 Å². The third-order valence-electron chi connectivity index (χ3n) is 3.55. The minimum absolute atomic E-state index is 0.0854. The number of thioether (sulfide) groups is 1. The van der Waals surface area contributed by atoms with Crippen molar-refractivity contribution in [3.8, 4) is 16.5 Å². The van der Waals surface area contributed by atoms with Crippen LogP contribution in [0.15, 0.2) is 46.4 Å². The van der Waals surface area contributed by atoms with Crippen LogP contribution in [0.5, 0.6) is 5.75 Å². The number of aromatic nitrogens is 1. The molecule has 1 N–H and O–H groups in total. The summed E-state index contributed by atoms with van der Waals surface area (Å²) in [6.45, 7) is 1.87. The quantitative estimate of drug-likeness (QED) is 0.572. The maximum Gasteiger partial charge on any atom is 0.237 e.